The molecule has 2 aliphatic heterocycles. The average molecular weight is 868 g/mol. The van der Waals surface area contributed by atoms with Gasteiger partial charge in [-0.2, -0.15) is 0 Å². The van der Waals surface area contributed by atoms with Gasteiger partial charge in [0.1, 0.15) is 40.5 Å². The van der Waals surface area contributed by atoms with Crippen molar-refractivity contribution >= 4 is 46.0 Å². The maximum Gasteiger partial charge on any atom is 0.243 e. The molecular weight excluding hydrogens is 819 g/mol. The van der Waals surface area contributed by atoms with E-state index in [1.54, 1.807) is 41.9 Å². The molecule has 0 bridgehead atoms. The summed E-state index contributed by atoms with van der Waals surface area (Å²) in [6, 6.07) is 19.7. The fraction of sp³-hybridized carbons (Fsp3) is 0.348. The third-order valence-electron chi connectivity index (χ3n) is 12.2. The van der Waals surface area contributed by atoms with Crippen LogP contribution in [0.1, 0.15) is 56.2 Å². The van der Waals surface area contributed by atoms with E-state index in [4.69, 9.17) is 4.52 Å². The van der Waals surface area contributed by atoms with E-state index in [0.717, 1.165) is 51.6 Å². The standard InChI is InChI=1S/C46H49N11O5S/c1-26(2)42(45(61)57-24-32(58)18-38(57)44(60)50-27(3)29-10-12-30(13-11-29)43-28(4)49-25-63-43)40-20-34(53-62-40)31-22-47-46(48-23-31)56-16-14-55(15-17-56)41-21-36-37(54(41)5)19-35(51-52-36)33-8-6-7-9-39(33)59/h6-13,19-23,25-27,32,38,42,58-59H,14-18,24H2,1-5H3,(H,50,60)/t27-,32+,38-,42?/m0/s1. The number of amides is 2. The summed E-state index contributed by atoms with van der Waals surface area (Å²) in [4.78, 5) is 48.8. The zero-order valence-electron chi connectivity index (χ0n) is 35.7. The molecule has 324 valence electrons. The predicted octanol–water partition coefficient (Wildman–Crippen LogP) is 6.12. The first kappa shape index (κ1) is 41.6. The lowest BCUT2D eigenvalue weighted by atomic mass is 9.91. The zero-order chi connectivity index (χ0) is 43.9. The number of phenolic OH excluding ortho intramolecular Hbond substituents is 1. The van der Waals surface area contributed by atoms with E-state index in [1.165, 1.54) is 4.90 Å². The fourth-order valence-corrected chi connectivity index (χ4v) is 9.48. The predicted molar refractivity (Wildman–Crippen MR) is 240 cm³/mol. The number of anilines is 2. The van der Waals surface area contributed by atoms with Gasteiger partial charge < -0.3 is 39.3 Å². The number of aliphatic hydroxyl groups is 1. The van der Waals surface area contributed by atoms with E-state index in [0.29, 0.717) is 47.3 Å². The van der Waals surface area contributed by atoms with Gasteiger partial charge in [0.2, 0.25) is 17.8 Å². The molecule has 2 aliphatic rings. The van der Waals surface area contributed by atoms with Crippen molar-refractivity contribution in [1.29, 1.82) is 0 Å². The summed E-state index contributed by atoms with van der Waals surface area (Å²) in [5, 5.41) is 37.3. The molecule has 9 rings (SSSR count). The van der Waals surface area contributed by atoms with Crippen molar-refractivity contribution in [3.05, 3.63) is 102 Å². The first-order valence-corrected chi connectivity index (χ1v) is 22.0. The number of hydrogen-bond donors (Lipinski definition) is 3. The van der Waals surface area contributed by atoms with Gasteiger partial charge >= 0.3 is 0 Å². The van der Waals surface area contributed by atoms with Crippen molar-refractivity contribution in [2.45, 2.75) is 58.2 Å². The van der Waals surface area contributed by atoms with Crippen LogP contribution in [-0.4, -0.2) is 107 Å². The number of aryl methyl sites for hydroxylation is 2. The number of nitrogens with one attached hydrogen (secondary N) is 1. The Bertz CT molecular complexity index is 2760. The van der Waals surface area contributed by atoms with E-state index in [1.807, 2.05) is 88.8 Å². The normalized spacial score (nSPS) is 17.7. The molecule has 17 heteroatoms. The fourth-order valence-electron chi connectivity index (χ4n) is 8.67. The smallest absolute Gasteiger partial charge is 0.243 e. The highest BCUT2D eigenvalue weighted by atomic mass is 32.1. The number of aliphatic hydroxyl groups excluding tert-OH is 1. The van der Waals surface area contributed by atoms with Crippen molar-refractivity contribution < 1.29 is 24.3 Å². The minimum Gasteiger partial charge on any atom is -0.507 e. The van der Waals surface area contributed by atoms with Crippen LogP contribution in [0.15, 0.2) is 89.2 Å². The number of hydrogen-bond acceptors (Lipinski definition) is 14. The van der Waals surface area contributed by atoms with Gasteiger partial charge in [-0.25, -0.2) is 15.0 Å². The number of benzene rings is 2. The maximum atomic E-state index is 14.3. The molecule has 0 aliphatic carbocycles. The molecule has 3 N–H and O–H groups in total. The molecule has 2 aromatic carbocycles. The molecular formula is C46H49N11O5S. The van der Waals surface area contributed by atoms with Gasteiger partial charge in [0.15, 0.2) is 0 Å². The first-order chi connectivity index (χ1) is 30.4. The molecule has 0 saturated carbocycles. The molecule has 2 amide bonds. The van der Waals surface area contributed by atoms with Crippen molar-refractivity contribution in [2.75, 3.05) is 42.5 Å². The molecule has 7 aromatic rings. The van der Waals surface area contributed by atoms with Crippen LogP contribution in [0.25, 0.3) is 44.0 Å². The van der Waals surface area contributed by atoms with Crippen molar-refractivity contribution in [1.82, 2.24) is 45.1 Å². The van der Waals surface area contributed by atoms with Gasteiger partial charge in [-0.1, -0.05) is 55.4 Å². The molecule has 5 aromatic heterocycles. The Labute approximate surface area is 368 Å². The highest BCUT2D eigenvalue weighted by molar-refractivity contribution is 7.13. The SMILES string of the molecule is Cc1ncsc1-c1ccc([C@H](C)NC(=O)[C@@H]2C[C@@H](O)CN2C(=O)C(c2cc(-c3cnc(N4CCN(c5cc6nnc(-c7ccccc7O)cc6n5C)CC4)nc3)no2)C(C)C)cc1. The number of phenols is 1. The third kappa shape index (κ3) is 8.21. The summed E-state index contributed by atoms with van der Waals surface area (Å²) in [6.45, 7) is 10.7. The Balaban J connectivity index is 0.832. The molecule has 16 nitrogen and oxygen atoms in total. The minimum atomic E-state index is -0.841. The quantitative estimate of drug-likeness (QED) is 0.135. The van der Waals surface area contributed by atoms with E-state index in [-0.39, 0.29) is 42.5 Å². The number of carbonyl (C=O) groups is 2. The highest BCUT2D eigenvalue weighted by Gasteiger charge is 2.43. The van der Waals surface area contributed by atoms with Crippen LogP contribution in [0.2, 0.25) is 0 Å². The van der Waals surface area contributed by atoms with Crippen LogP contribution in [0, 0.1) is 12.8 Å². The Kier molecular flexibility index (Phi) is 11.4. The molecule has 4 atom stereocenters. The van der Waals surface area contributed by atoms with Crippen LogP contribution >= 0.6 is 11.3 Å². The monoisotopic (exact) mass is 867 g/mol. The molecule has 2 saturated heterocycles. The highest BCUT2D eigenvalue weighted by Crippen LogP contribution is 2.35. The summed E-state index contributed by atoms with van der Waals surface area (Å²) in [5.74, 6) is 0.592. The summed E-state index contributed by atoms with van der Waals surface area (Å²) >= 11 is 1.59. The third-order valence-corrected chi connectivity index (χ3v) is 13.2. The lowest BCUT2D eigenvalue weighted by Gasteiger charge is -2.36. The minimum absolute atomic E-state index is 0.0420. The van der Waals surface area contributed by atoms with Gasteiger partial charge in [-0.3, -0.25) is 9.59 Å². The Morgan fingerprint density at radius 1 is 0.889 bits per heavy atom. The van der Waals surface area contributed by atoms with Gasteiger partial charge in [0, 0.05) is 81.8 Å². The van der Waals surface area contributed by atoms with Crippen LogP contribution in [0.5, 0.6) is 5.75 Å². The number of piperazine rings is 1. The number of likely N-dealkylation sites (tertiary alicyclic amines) is 1. The summed E-state index contributed by atoms with van der Waals surface area (Å²) in [5.41, 5.74) is 8.87. The largest absolute Gasteiger partial charge is 0.507 e. The van der Waals surface area contributed by atoms with Crippen LogP contribution in [0.4, 0.5) is 11.8 Å². The summed E-state index contributed by atoms with van der Waals surface area (Å²) in [6.07, 6.45) is 2.72. The number of rotatable bonds is 11. The van der Waals surface area contributed by atoms with Crippen LogP contribution < -0.4 is 15.1 Å². The Morgan fingerprint density at radius 3 is 2.32 bits per heavy atom. The van der Waals surface area contributed by atoms with Crippen LogP contribution in [0.3, 0.4) is 0 Å². The van der Waals surface area contributed by atoms with E-state index < -0.39 is 18.1 Å². The average Bonchev–Trinajstić information content (AvgIpc) is 4.11. The number of thiazole rings is 1. The second kappa shape index (κ2) is 17.2. The van der Waals surface area contributed by atoms with E-state index >= 15 is 0 Å². The number of para-hydroxylation sites is 1. The number of aromatic hydroxyl groups is 1. The van der Waals surface area contributed by atoms with E-state index in [9.17, 15) is 19.8 Å². The second-order valence-electron chi connectivity index (χ2n) is 16.7. The Morgan fingerprint density at radius 2 is 1.62 bits per heavy atom. The van der Waals surface area contributed by atoms with E-state index in [2.05, 4.69) is 50.0 Å². The molecule has 0 spiro atoms. The number of β-amino-alcohol motifs (C(OH)–C–C–N with tert-alkyl or cyclic N) is 1. The zero-order valence-corrected chi connectivity index (χ0v) is 36.5. The van der Waals surface area contributed by atoms with Crippen molar-refractivity contribution in [2.24, 2.45) is 13.0 Å². The summed E-state index contributed by atoms with van der Waals surface area (Å²) < 4.78 is 7.93. The molecule has 7 heterocycles. The van der Waals surface area contributed by atoms with Crippen molar-refractivity contribution in [3.8, 4) is 38.7 Å². The number of fused-ring (bicyclic) bond motifs is 1. The molecule has 63 heavy (non-hydrogen) atoms. The van der Waals surface area contributed by atoms with Gasteiger partial charge in [0.25, 0.3) is 0 Å². The summed E-state index contributed by atoms with van der Waals surface area (Å²) in [7, 11) is 2.01. The van der Waals surface area contributed by atoms with Gasteiger partial charge in [-0.05, 0) is 49.1 Å². The number of carbonyl (C=O) groups excluding carboxylic acids is 2. The van der Waals surface area contributed by atoms with Gasteiger partial charge in [-0.15, -0.1) is 21.5 Å². The first-order valence-electron chi connectivity index (χ1n) is 21.1. The molecule has 1 unspecified atom stereocenters. The maximum absolute atomic E-state index is 14.3. The van der Waals surface area contributed by atoms with Crippen molar-refractivity contribution in [3.63, 3.8) is 0 Å². The Hall–Kier alpha value is -6.72. The lowest BCUT2D eigenvalue weighted by Crippen LogP contribution is -2.48. The topological polar surface area (TPSA) is 192 Å². The second-order valence-corrected chi connectivity index (χ2v) is 17.5. The number of nitrogens with zero attached hydrogens (tertiary/aromatic N) is 10. The lowest BCUT2D eigenvalue weighted by molar-refractivity contribution is -0.141. The molecule has 2 fully saturated rings. The van der Waals surface area contributed by atoms with Crippen LogP contribution in [-0.2, 0) is 16.6 Å². The number of aromatic nitrogens is 7. The molecule has 0 radical (unpaired) electrons. The van der Waals surface area contributed by atoms with Gasteiger partial charge in [0.05, 0.1) is 39.4 Å².